The summed E-state index contributed by atoms with van der Waals surface area (Å²) >= 11 is 0. The summed E-state index contributed by atoms with van der Waals surface area (Å²) in [6.45, 7) is 6.42. The lowest BCUT2D eigenvalue weighted by Crippen LogP contribution is -2.26. The van der Waals surface area contributed by atoms with E-state index in [0.29, 0.717) is 11.3 Å². The Labute approximate surface area is 120 Å². The van der Waals surface area contributed by atoms with Crippen molar-refractivity contribution in [1.82, 2.24) is 5.32 Å². The molecule has 1 N–H and O–H groups in total. The van der Waals surface area contributed by atoms with Crippen molar-refractivity contribution < 1.29 is 13.9 Å². The van der Waals surface area contributed by atoms with Crippen molar-refractivity contribution in [1.29, 1.82) is 0 Å². The van der Waals surface area contributed by atoms with Crippen LogP contribution in [-0.4, -0.2) is 25.9 Å². The van der Waals surface area contributed by atoms with Crippen LogP contribution in [0, 0.1) is 5.82 Å². The van der Waals surface area contributed by atoms with E-state index in [1.54, 1.807) is 0 Å². The molecule has 0 bridgehead atoms. The topological polar surface area (TPSA) is 30.5 Å². The third-order valence-corrected chi connectivity index (χ3v) is 3.61. The lowest BCUT2D eigenvalue weighted by atomic mass is 10.1. The second-order valence-electron chi connectivity index (χ2n) is 5.29. The molecule has 1 aliphatic heterocycles. The molecule has 0 saturated carbocycles. The normalized spacial score (nSPS) is 17.9. The summed E-state index contributed by atoms with van der Waals surface area (Å²) < 4.78 is 25.2. The number of hydrogen-bond donors (Lipinski definition) is 1. The molecular weight excluding hydrogens is 257 g/mol. The smallest absolute Gasteiger partial charge is 0.131 e. The van der Waals surface area contributed by atoms with Crippen LogP contribution in [0.4, 0.5) is 4.39 Å². The molecule has 4 heteroatoms. The highest BCUT2D eigenvalue weighted by Crippen LogP contribution is 2.24. The van der Waals surface area contributed by atoms with E-state index < -0.39 is 0 Å². The summed E-state index contributed by atoms with van der Waals surface area (Å²) in [6.07, 6.45) is 2.93. The lowest BCUT2D eigenvalue weighted by molar-refractivity contribution is 0.0254. The molecule has 1 fully saturated rings. The van der Waals surface area contributed by atoms with Crippen LogP contribution < -0.4 is 10.1 Å². The van der Waals surface area contributed by atoms with E-state index in [1.165, 1.54) is 6.07 Å². The van der Waals surface area contributed by atoms with Crippen LogP contribution in [0.25, 0.3) is 0 Å². The van der Waals surface area contributed by atoms with Crippen LogP contribution in [0.5, 0.6) is 5.75 Å². The zero-order valence-electron chi connectivity index (χ0n) is 12.3. The molecule has 1 aromatic rings. The lowest BCUT2D eigenvalue weighted by Gasteiger charge is -2.23. The van der Waals surface area contributed by atoms with Crippen molar-refractivity contribution in [3.05, 3.63) is 29.6 Å². The highest BCUT2D eigenvalue weighted by molar-refractivity contribution is 5.30. The molecule has 20 heavy (non-hydrogen) atoms. The summed E-state index contributed by atoms with van der Waals surface area (Å²) in [6, 6.07) is 5.19. The van der Waals surface area contributed by atoms with E-state index in [0.717, 1.165) is 39.0 Å². The number of rotatable bonds is 6. The van der Waals surface area contributed by atoms with Crippen LogP contribution in [0.3, 0.4) is 0 Å². The molecule has 1 saturated heterocycles. The van der Waals surface area contributed by atoms with E-state index in [-0.39, 0.29) is 18.0 Å². The first-order valence-electron chi connectivity index (χ1n) is 7.48. The third-order valence-electron chi connectivity index (χ3n) is 3.61. The highest BCUT2D eigenvalue weighted by Gasteiger charge is 2.17. The van der Waals surface area contributed by atoms with Crippen molar-refractivity contribution in [2.45, 2.75) is 45.3 Å². The molecule has 0 spiro atoms. The molecule has 0 aliphatic carbocycles. The van der Waals surface area contributed by atoms with Gasteiger partial charge in [-0.25, -0.2) is 4.39 Å². The van der Waals surface area contributed by atoms with E-state index >= 15 is 0 Å². The summed E-state index contributed by atoms with van der Waals surface area (Å²) in [7, 11) is 0. The number of halogens is 1. The largest absolute Gasteiger partial charge is 0.490 e. The van der Waals surface area contributed by atoms with E-state index in [4.69, 9.17) is 9.47 Å². The van der Waals surface area contributed by atoms with E-state index in [9.17, 15) is 4.39 Å². The van der Waals surface area contributed by atoms with Crippen molar-refractivity contribution in [2.75, 3.05) is 19.8 Å². The molecular formula is C16H24FNO2. The van der Waals surface area contributed by atoms with Gasteiger partial charge in [-0.3, -0.25) is 0 Å². The Morgan fingerprint density at radius 1 is 1.40 bits per heavy atom. The minimum absolute atomic E-state index is 0.0204. The summed E-state index contributed by atoms with van der Waals surface area (Å²) in [5.41, 5.74) is 0.692. The van der Waals surface area contributed by atoms with Gasteiger partial charge in [-0.1, -0.05) is 13.0 Å². The fourth-order valence-corrected chi connectivity index (χ4v) is 2.39. The van der Waals surface area contributed by atoms with Gasteiger partial charge in [0.2, 0.25) is 0 Å². The van der Waals surface area contributed by atoms with Gasteiger partial charge in [0.1, 0.15) is 17.7 Å². The summed E-state index contributed by atoms with van der Waals surface area (Å²) in [4.78, 5) is 0. The predicted molar refractivity (Wildman–Crippen MR) is 77.6 cm³/mol. The van der Waals surface area contributed by atoms with Crippen LogP contribution in [-0.2, 0) is 4.74 Å². The van der Waals surface area contributed by atoms with Gasteiger partial charge in [0, 0.05) is 30.5 Å². The first-order chi connectivity index (χ1) is 9.70. The zero-order valence-corrected chi connectivity index (χ0v) is 12.3. The fourth-order valence-electron chi connectivity index (χ4n) is 2.39. The zero-order chi connectivity index (χ0) is 14.4. The van der Waals surface area contributed by atoms with E-state index in [2.05, 4.69) is 12.2 Å². The minimum atomic E-state index is -0.203. The molecule has 1 unspecified atom stereocenters. The Morgan fingerprint density at radius 2 is 2.15 bits per heavy atom. The van der Waals surface area contributed by atoms with Crippen LogP contribution in [0.1, 0.15) is 44.7 Å². The van der Waals surface area contributed by atoms with Crippen molar-refractivity contribution in [2.24, 2.45) is 0 Å². The van der Waals surface area contributed by atoms with Gasteiger partial charge in [0.25, 0.3) is 0 Å². The third kappa shape index (κ3) is 4.18. The van der Waals surface area contributed by atoms with Crippen molar-refractivity contribution in [3.63, 3.8) is 0 Å². The number of ether oxygens (including phenoxy) is 2. The average molecular weight is 281 g/mol. The Morgan fingerprint density at radius 3 is 2.80 bits per heavy atom. The number of nitrogens with one attached hydrogen (secondary N) is 1. The standard InChI is InChI=1S/C16H24FNO2/c1-3-8-18-12(2)15-5-4-14(11-16(15)17)20-13-6-9-19-10-7-13/h4-5,11-13,18H,3,6-10H2,1-2H3. The van der Waals surface area contributed by atoms with Crippen LogP contribution in [0.2, 0.25) is 0 Å². The first-order valence-corrected chi connectivity index (χ1v) is 7.48. The molecule has 1 aliphatic rings. The molecule has 3 nitrogen and oxygen atoms in total. The van der Waals surface area contributed by atoms with Gasteiger partial charge < -0.3 is 14.8 Å². The maximum Gasteiger partial charge on any atom is 0.131 e. The number of benzene rings is 1. The molecule has 0 radical (unpaired) electrons. The highest BCUT2D eigenvalue weighted by atomic mass is 19.1. The Balaban J connectivity index is 1.97. The molecule has 112 valence electrons. The van der Waals surface area contributed by atoms with E-state index in [1.807, 2.05) is 19.1 Å². The van der Waals surface area contributed by atoms with Gasteiger partial charge in [-0.05, 0) is 26.0 Å². The van der Waals surface area contributed by atoms with Gasteiger partial charge >= 0.3 is 0 Å². The fraction of sp³-hybridized carbons (Fsp3) is 0.625. The second-order valence-corrected chi connectivity index (χ2v) is 5.29. The molecule has 1 atom stereocenters. The molecule has 1 heterocycles. The summed E-state index contributed by atoms with van der Waals surface area (Å²) in [5.74, 6) is 0.409. The maximum atomic E-state index is 14.1. The Hall–Kier alpha value is -1.13. The predicted octanol–water partition coefficient (Wildman–Crippen LogP) is 3.44. The number of hydrogen-bond acceptors (Lipinski definition) is 3. The van der Waals surface area contributed by atoms with Gasteiger partial charge in [-0.15, -0.1) is 0 Å². The molecule has 2 rings (SSSR count). The second kappa shape index (κ2) is 7.60. The molecule has 0 aromatic heterocycles. The Bertz CT molecular complexity index is 419. The van der Waals surface area contributed by atoms with Crippen LogP contribution >= 0.6 is 0 Å². The minimum Gasteiger partial charge on any atom is -0.490 e. The quantitative estimate of drug-likeness (QED) is 0.866. The molecule has 0 amide bonds. The first kappa shape index (κ1) is 15.3. The van der Waals surface area contributed by atoms with Gasteiger partial charge in [0.05, 0.1) is 13.2 Å². The summed E-state index contributed by atoms with van der Waals surface area (Å²) in [5, 5.41) is 3.29. The van der Waals surface area contributed by atoms with Crippen molar-refractivity contribution >= 4 is 0 Å². The van der Waals surface area contributed by atoms with Crippen molar-refractivity contribution in [3.8, 4) is 5.75 Å². The van der Waals surface area contributed by atoms with Gasteiger partial charge in [0.15, 0.2) is 0 Å². The monoisotopic (exact) mass is 281 g/mol. The van der Waals surface area contributed by atoms with Crippen LogP contribution in [0.15, 0.2) is 18.2 Å². The average Bonchev–Trinajstić information content (AvgIpc) is 2.46. The SMILES string of the molecule is CCCNC(C)c1ccc(OC2CCOCC2)cc1F. The Kier molecular flexibility index (Phi) is 5.80. The molecule has 1 aromatic carbocycles. The van der Waals surface area contributed by atoms with Gasteiger partial charge in [-0.2, -0.15) is 0 Å². The maximum absolute atomic E-state index is 14.1.